The maximum Gasteiger partial charge on any atom is 0.250 e. The lowest BCUT2D eigenvalue weighted by Gasteiger charge is -2.26. The van der Waals surface area contributed by atoms with Crippen molar-refractivity contribution >= 4 is 46.4 Å². The molecule has 2 N–H and O–H groups in total. The van der Waals surface area contributed by atoms with Gasteiger partial charge in [-0.2, -0.15) is 0 Å². The van der Waals surface area contributed by atoms with Crippen molar-refractivity contribution in [3.05, 3.63) is 103 Å². The SMILES string of the molecule is COCC(=O)Nc1ccc(N2C(=S)NC(c3ccccn3)C2c2ccc(Sc3ccccc3)o2)cc1. The van der Waals surface area contributed by atoms with Gasteiger partial charge in [0, 0.05) is 29.6 Å². The summed E-state index contributed by atoms with van der Waals surface area (Å²) in [5.41, 5.74) is 2.41. The number of amides is 1. The number of benzene rings is 2. The van der Waals surface area contributed by atoms with Gasteiger partial charge in [-0.15, -0.1) is 0 Å². The Bertz CT molecular complexity index is 1330. The van der Waals surface area contributed by atoms with Crippen molar-refractivity contribution in [1.29, 1.82) is 0 Å². The van der Waals surface area contributed by atoms with Crippen molar-refractivity contribution < 1.29 is 13.9 Å². The number of thiocarbonyl (C=S) groups is 1. The first-order valence-corrected chi connectivity index (χ1v) is 12.6. The average molecular weight is 517 g/mol. The second kappa shape index (κ2) is 10.9. The van der Waals surface area contributed by atoms with Crippen LogP contribution in [0.25, 0.3) is 0 Å². The highest BCUT2D eigenvalue weighted by Gasteiger charge is 2.42. The molecule has 1 aliphatic rings. The number of nitrogens with one attached hydrogen (secondary N) is 2. The van der Waals surface area contributed by atoms with Gasteiger partial charge in [0.15, 0.2) is 10.2 Å². The molecule has 0 saturated carbocycles. The molecule has 0 bridgehead atoms. The van der Waals surface area contributed by atoms with Crippen LogP contribution in [-0.4, -0.2) is 29.7 Å². The lowest BCUT2D eigenvalue weighted by Crippen LogP contribution is -2.29. The number of pyridine rings is 1. The van der Waals surface area contributed by atoms with E-state index in [0.717, 1.165) is 27.1 Å². The molecule has 7 nitrogen and oxygen atoms in total. The van der Waals surface area contributed by atoms with Crippen LogP contribution in [0.3, 0.4) is 0 Å². The number of hydrogen-bond acceptors (Lipinski definition) is 6. The van der Waals surface area contributed by atoms with Crippen LogP contribution in [0.5, 0.6) is 0 Å². The molecule has 2 unspecified atom stereocenters. The Labute approximate surface area is 218 Å². The molecule has 1 fully saturated rings. The van der Waals surface area contributed by atoms with Crippen molar-refractivity contribution in [3.63, 3.8) is 0 Å². The van der Waals surface area contributed by atoms with Crippen LogP contribution in [0, 0.1) is 0 Å². The van der Waals surface area contributed by atoms with Crippen LogP contribution >= 0.6 is 24.0 Å². The fraction of sp³-hybridized carbons (Fsp3) is 0.148. The summed E-state index contributed by atoms with van der Waals surface area (Å²) in [6.45, 7) is -0.00245. The summed E-state index contributed by atoms with van der Waals surface area (Å²) in [6.07, 6.45) is 1.77. The lowest BCUT2D eigenvalue weighted by molar-refractivity contribution is -0.119. The predicted molar refractivity (Wildman–Crippen MR) is 144 cm³/mol. The van der Waals surface area contributed by atoms with E-state index in [2.05, 4.69) is 27.8 Å². The topological polar surface area (TPSA) is 79.6 Å². The van der Waals surface area contributed by atoms with Gasteiger partial charge < -0.3 is 24.7 Å². The highest BCUT2D eigenvalue weighted by atomic mass is 32.2. The van der Waals surface area contributed by atoms with Gasteiger partial charge >= 0.3 is 0 Å². The molecule has 2 atom stereocenters. The minimum absolute atomic E-state index is 0.00245. The predicted octanol–water partition coefficient (Wildman–Crippen LogP) is 5.59. The molecule has 4 aromatic rings. The van der Waals surface area contributed by atoms with E-state index >= 15 is 0 Å². The summed E-state index contributed by atoms with van der Waals surface area (Å²) in [5.74, 6) is 0.560. The van der Waals surface area contributed by atoms with Crippen molar-refractivity contribution in [3.8, 4) is 0 Å². The zero-order chi connectivity index (χ0) is 24.9. The highest BCUT2D eigenvalue weighted by molar-refractivity contribution is 7.99. The van der Waals surface area contributed by atoms with E-state index < -0.39 is 0 Å². The van der Waals surface area contributed by atoms with Crippen LogP contribution in [0.15, 0.2) is 106 Å². The minimum atomic E-state index is -0.258. The van der Waals surface area contributed by atoms with Crippen molar-refractivity contribution in [1.82, 2.24) is 10.3 Å². The van der Waals surface area contributed by atoms with E-state index in [1.807, 2.05) is 77.7 Å². The van der Waals surface area contributed by atoms with Crippen LogP contribution < -0.4 is 15.5 Å². The fourth-order valence-corrected chi connectivity index (χ4v) is 5.25. The Balaban J connectivity index is 1.46. The smallest absolute Gasteiger partial charge is 0.250 e. The van der Waals surface area contributed by atoms with Crippen LogP contribution in [0.4, 0.5) is 11.4 Å². The number of carbonyl (C=O) groups excluding carboxylic acids is 1. The van der Waals surface area contributed by atoms with Gasteiger partial charge in [-0.1, -0.05) is 36.0 Å². The third kappa shape index (κ3) is 5.28. The third-order valence-electron chi connectivity index (χ3n) is 5.66. The number of nitrogens with zero attached hydrogens (tertiary/aromatic N) is 2. The molecule has 2 aromatic heterocycles. The number of carbonyl (C=O) groups is 1. The van der Waals surface area contributed by atoms with E-state index in [1.54, 1.807) is 18.0 Å². The summed E-state index contributed by atoms with van der Waals surface area (Å²) < 4.78 is 11.2. The maximum atomic E-state index is 11.9. The Kier molecular flexibility index (Phi) is 7.31. The molecule has 0 aliphatic carbocycles. The van der Waals surface area contributed by atoms with Gasteiger partial charge in [-0.25, -0.2) is 0 Å². The molecular formula is C27H24N4O3S2. The molecule has 1 amide bonds. The number of furan rings is 1. The summed E-state index contributed by atoms with van der Waals surface area (Å²) in [7, 11) is 1.49. The van der Waals surface area contributed by atoms with Crippen molar-refractivity contribution in [2.45, 2.75) is 22.1 Å². The van der Waals surface area contributed by atoms with Gasteiger partial charge in [0.2, 0.25) is 5.91 Å². The summed E-state index contributed by atoms with van der Waals surface area (Å²) in [6, 6.07) is 27.0. The van der Waals surface area contributed by atoms with Gasteiger partial charge in [0.1, 0.15) is 18.4 Å². The molecule has 1 saturated heterocycles. The molecule has 9 heteroatoms. The molecular weight excluding hydrogens is 492 g/mol. The monoisotopic (exact) mass is 516 g/mol. The number of hydrogen-bond donors (Lipinski definition) is 2. The Morgan fingerprint density at radius 1 is 1.08 bits per heavy atom. The number of rotatable bonds is 8. The summed E-state index contributed by atoms with van der Waals surface area (Å²) >= 11 is 7.35. The minimum Gasteiger partial charge on any atom is -0.452 e. The molecule has 0 spiro atoms. The van der Waals surface area contributed by atoms with Crippen molar-refractivity contribution in [2.75, 3.05) is 23.9 Å². The second-order valence-electron chi connectivity index (χ2n) is 8.10. The Hall–Kier alpha value is -3.66. The van der Waals surface area contributed by atoms with E-state index in [1.165, 1.54) is 7.11 Å². The quantitative estimate of drug-likeness (QED) is 0.294. The first kappa shape index (κ1) is 24.1. The number of anilines is 2. The maximum absolute atomic E-state index is 11.9. The van der Waals surface area contributed by atoms with E-state index in [-0.39, 0.29) is 24.6 Å². The number of methoxy groups -OCH3 is 1. The van der Waals surface area contributed by atoms with Crippen LogP contribution in [0.2, 0.25) is 0 Å². The number of aromatic nitrogens is 1. The zero-order valence-corrected chi connectivity index (χ0v) is 21.1. The average Bonchev–Trinajstić information content (AvgIpc) is 3.49. The molecule has 1 aliphatic heterocycles. The molecule has 5 rings (SSSR count). The first-order valence-electron chi connectivity index (χ1n) is 11.3. The van der Waals surface area contributed by atoms with Gasteiger partial charge in [0.05, 0.1) is 11.7 Å². The van der Waals surface area contributed by atoms with Gasteiger partial charge in [-0.05, 0) is 72.9 Å². The molecule has 0 radical (unpaired) electrons. The van der Waals surface area contributed by atoms with E-state index in [4.69, 9.17) is 21.4 Å². The zero-order valence-electron chi connectivity index (χ0n) is 19.5. The second-order valence-corrected chi connectivity index (χ2v) is 9.56. The van der Waals surface area contributed by atoms with E-state index in [0.29, 0.717) is 10.8 Å². The standard InChI is InChI=1S/C27H24N4O3S2/c1-33-17-23(32)29-18-10-12-19(13-11-18)31-26(25(30-27(31)35)21-9-5-6-16-28-21)22-14-15-24(34-22)36-20-7-3-2-4-8-20/h2-16,25-26H,17H2,1H3,(H,29,32)(H,30,35). The fourth-order valence-electron chi connectivity index (χ4n) is 4.11. The lowest BCUT2D eigenvalue weighted by atomic mass is 10.0. The summed E-state index contributed by atoms with van der Waals surface area (Å²) in [4.78, 5) is 19.6. The van der Waals surface area contributed by atoms with Crippen LogP contribution in [-0.2, 0) is 9.53 Å². The first-order chi connectivity index (χ1) is 17.6. The Morgan fingerprint density at radius 2 is 1.86 bits per heavy atom. The Morgan fingerprint density at radius 3 is 2.58 bits per heavy atom. The molecule has 182 valence electrons. The molecule has 36 heavy (non-hydrogen) atoms. The van der Waals surface area contributed by atoms with Crippen molar-refractivity contribution in [2.24, 2.45) is 0 Å². The highest BCUT2D eigenvalue weighted by Crippen LogP contribution is 2.43. The van der Waals surface area contributed by atoms with Gasteiger partial charge in [-0.3, -0.25) is 9.78 Å². The van der Waals surface area contributed by atoms with Gasteiger partial charge in [0.25, 0.3) is 0 Å². The largest absolute Gasteiger partial charge is 0.452 e. The molecule has 2 aromatic carbocycles. The number of ether oxygens (including phenoxy) is 1. The normalized spacial score (nSPS) is 17.1. The summed E-state index contributed by atoms with van der Waals surface area (Å²) in [5, 5.41) is 7.61. The third-order valence-corrected chi connectivity index (χ3v) is 6.90. The van der Waals surface area contributed by atoms with E-state index in [9.17, 15) is 4.79 Å². The van der Waals surface area contributed by atoms with Crippen LogP contribution in [0.1, 0.15) is 23.5 Å². The molecule has 3 heterocycles.